The lowest BCUT2D eigenvalue weighted by Gasteiger charge is -2.39. The van der Waals surface area contributed by atoms with Crippen molar-refractivity contribution in [1.82, 2.24) is 15.1 Å². The van der Waals surface area contributed by atoms with E-state index in [0.29, 0.717) is 5.75 Å². The van der Waals surface area contributed by atoms with Gasteiger partial charge in [-0.05, 0) is 33.0 Å². The molecule has 2 amide bonds. The standard InChI is InChI=1S/C25H39N3O5/c1-16(2)20(23(30)28(8)15-14-17(3)24(31)32)26-22(29)21(27(6)7)25(4,5)18-12-10-11-13-19(18)33-9/h10-14,16,20-21H,15H2,1-9H3,(H,26,29)(H,31,32)/b17-14+. The molecule has 8 nitrogen and oxygen atoms in total. The number of nitrogens with one attached hydrogen (secondary N) is 1. The van der Waals surface area contributed by atoms with Crippen molar-refractivity contribution >= 4 is 17.8 Å². The highest BCUT2D eigenvalue weighted by Gasteiger charge is 2.41. The van der Waals surface area contributed by atoms with E-state index in [-0.39, 0.29) is 29.9 Å². The third-order valence-corrected chi connectivity index (χ3v) is 5.86. The van der Waals surface area contributed by atoms with Crippen LogP contribution in [0.5, 0.6) is 5.75 Å². The molecule has 8 heteroatoms. The van der Waals surface area contributed by atoms with Crippen molar-refractivity contribution in [3.05, 3.63) is 41.5 Å². The molecular weight excluding hydrogens is 422 g/mol. The van der Waals surface area contributed by atoms with E-state index in [2.05, 4.69) is 5.32 Å². The smallest absolute Gasteiger partial charge is 0.331 e. The number of aliphatic carboxylic acids is 1. The molecule has 0 heterocycles. The summed E-state index contributed by atoms with van der Waals surface area (Å²) >= 11 is 0. The molecule has 2 atom stereocenters. The number of carbonyl (C=O) groups excluding carboxylic acids is 2. The number of methoxy groups -OCH3 is 1. The number of ether oxygens (including phenoxy) is 1. The monoisotopic (exact) mass is 461 g/mol. The van der Waals surface area contributed by atoms with Crippen LogP contribution in [0.3, 0.4) is 0 Å². The van der Waals surface area contributed by atoms with Gasteiger partial charge in [0.2, 0.25) is 11.8 Å². The largest absolute Gasteiger partial charge is 0.496 e. The topological polar surface area (TPSA) is 99.2 Å². The highest BCUT2D eigenvalue weighted by atomic mass is 16.5. The van der Waals surface area contributed by atoms with Gasteiger partial charge in [-0.15, -0.1) is 0 Å². The number of carbonyl (C=O) groups is 3. The van der Waals surface area contributed by atoms with Gasteiger partial charge in [-0.25, -0.2) is 4.79 Å². The summed E-state index contributed by atoms with van der Waals surface area (Å²) in [6.07, 6.45) is 1.48. The van der Waals surface area contributed by atoms with Gasteiger partial charge in [0, 0.05) is 30.1 Å². The summed E-state index contributed by atoms with van der Waals surface area (Å²) in [6.45, 7) is 9.31. The van der Waals surface area contributed by atoms with E-state index in [1.165, 1.54) is 17.9 Å². The summed E-state index contributed by atoms with van der Waals surface area (Å²) in [4.78, 5) is 40.9. The van der Waals surface area contributed by atoms with Crippen molar-refractivity contribution in [2.24, 2.45) is 5.92 Å². The van der Waals surface area contributed by atoms with Gasteiger partial charge in [-0.1, -0.05) is 52.0 Å². The molecule has 0 fully saturated rings. The van der Waals surface area contributed by atoms with Gasteiger partial charge in [0.25, 0.3) is 0 Å². The number of likely N-dealkylation sites (N-methyl/N-ethyl adjacent to an activating group) is 2. The highest BCUT2D eigenvalue weighted by molar-refractivity contribution is 5.91. The second kappa shape index (κ2) is 11.8. The number of hydrogen-bond acceptors (Lipinski definition) is 5. The van der Waals surface area contributed by atoms with Crippen LogP contribution in [0.15, 0.2) is 35.9 Å². The molecule has 1 rings (SSSR count). The van der Waals surface area contributed by atoms with Gasteiger partial charge in [0.05, 0.1) is 13.2 Å². The Labute approximate surface area is 197 Å². The van der Waals surface area contributed by atoms with E-state index >= 15 is 0 Å². The quantitative estimate of drug-likeness (QED) is 0.492. The Kier molecular flexibility index (Phi) is 10.1. The number of amides is 2. The Hall–Kier alpha value is -2.87. The number of benzene rings is 1. The third kappa shape index (κ3) is 7.05. The van der Waals surface area contributed by atoms with Crippen molar-refractivity contribution in [3.63, 3.8) is 0 Å². The highest BCUT2D eigenvalue weighted by Crippen LogP contribution is 2.36. The van der Waals surface area contributed by atoms with E-state index in [1.54, 1.807) is 14.2 Å². The normalized spacial score (nSPS) is 14.1. The second-order valence-corrected chi connectivity index (χ2v) is 9.43. The third-order valence-electron chi connectivity index (χ3n) is 5.86. The van der Waals surface area contributed by atoms with Crippen LogP contribution in [0.1, 0.15) is 40.2 Å². The van der Waals surface area contributed by atoms with Crippen LogP contribution < -0.4 is 10.1 Å². The Balaban J connectivity index is 3.20. The van der Waals surface area contributed by atoms with E-state index < -0.39 is 23.5 Å². The van der Waals surface area contributed by atoms with Crippen LogP contribution in [0.2, 0.25) is 0 Å². The second-order valence-electron chi connectivity index (χ2n) is 9.43. The number of hydrogen-bond donors (Lipinski definition) is 2. The average molecular weight is 462 g/mol. The molecule has 0 aromatic heterocycles. The van der Waals surface area contributed by atoms with Gasteiger partial charge in [-0.2, -0.15) is 0 Å². The zero-order valence-electron chi connectivity index (χ0n) is 21.3. The first kappa shape index (κ1) is 28.2. The van der Waals surface area contributed by atoms with Crippen LogP contribution in [-0.4, -0.2) is 79.6 Å². The van der Waals surface area contributed by atoms with Crippen molar-refractivity contribution in [2.45, 2.75) is 52.1 Å². The summed E-state index contributed by atoms with van der Waals surface area (Å²) in [7, 11) is 6.86. The minimum atomic E-state index is -1.03. The molecule has 2 N–H and O–H groups in total. The molecule has 0 radical (unpaired) electrons. The molecular formula is C25H39N3O5. The summed E-state index contributed by atoms with van der Waals surface area (Å²) in [5.74, 6) is -1.05. The number of carboxylic acids is 1. The molecule has 0 saturated carbocycles. The number of nitrogens with zero attached hydrogens (tertiary/aromatic N) is 2. The number of para-hydroxylation sites is 1. The molecule has 1 aromatic rings. The van der Waals surface area contributed by atoms with Crippen molar-refractivity contribution in [3.8, 4) is 5.75 Å². The van der Waals surface area contributed by atoms with E-state index in [0.717, 1.165) is 5.56 Å². The lowest BCUT2D eigenvalue weighted by Crippen LogP contribution is -2.59. The fraction of sp³-hybridized carbons (Fsp3) is 0.560. The van der Waals surface area contributed by atoms with Gasteiger partial charge < -0.3 is 20.1 Å². The average Bonchev–Trinajstić information content (AvgIpc) is 2.74. The molecule has 33 heavy (non-hydrogen) atoms. The maximum atomic E-state index is 13.5. The van der Waals surface area contributed by atoms with Crippen LogP contribution in [0.25, 0.3) is 0 Å². The maximum absolute atomic E-state index is 13.5. The Bertz CT molecular complexity index is 877. The van der Waals surface area contributed by atoms with Crippen LogP contribution in [0, 0.1) is 5.92 Å². The van der Waals surface area contributed by atoms with Gasteiger partial charge in [0.1, 0.15) is 11.8 Å². The lowest BCUT2D eigenvalue weighted by atomic mass is 9.76. The first-order valence-electron chi connectivity index (χ1n) is 11.0. The van der Waals surface area contributed by atoms with E-state index in [9.17, 15) is 14.4 Å². The summed E-state index contributed by atoms with van der Waals surface area (Å²) in [6, 6.07) is 6.26. The van der Waals surface area contributed by atoms with Crippen LogP contribution in [0.4, 0.5) is 0 Å². The van der Waals surface area contributed by atoms with Gasteiger partial charge >= 0.3 is 5.97 Å². The summed E-state index contributed by atoms with van der Waals surface area (Å²) in [5.41, 5.74) is 0.420. The fourth-order valence-electron chi connectivity index (χ4n) is 3.97. The fourth-order valence-corrected chi connectivity index (χ4v) is 3.97. The Morgan fingerprint density at radius 2 is 1.73 bits per heavy atom. The first-order chi connectivity index (χ1) is 15.2. The molecule has 0 saturated heterocycles. The molecule has 2 unspecified atom stereocenters. The van der Waals surface area contributed by atoms with Crippen molar-refractivity contribution < 1.29 is 24.2 Å². The molecule has 0 aliphatic rings. The number of carboxylic acid groups (broad SMARTS) is 1. The molecule has 1 aromatic carbocycles. The molecule has 0 aliphatic carbocycles. The zero-order valence-corrected chi connectivity index (χ0v) is 21.3. The van der Waals surface area contributed by atoms with Crippen LogP contribution >= 0.6 is 0 Å². The van der Waals surface area contributed by atoms with E-state index in [1.807, 2.05) is 71.0 Å². The number of rotatable bonds is 11. The molecule has 0 bridgehead atoms. The minimum absolute atomic E-state index is 0.139. The minimum Gasteiger partial charge on any atom is -0.496 e. The first-order valence-corrected chi connectivity index (χ1v) is 11.0. The zero-order chi connectivity index (χ0) is 25.5. The SMILES string of the molecule is COc1ccccc1C(C)(C)C(C(=O)NC(C(=O)N(C)C/C=C(\C)C(=O)O)C(C)C)N(C)C. The molecule has 184 valence electrons. The maximum Gasteiger partial charge on any atom is 0.331 e. The lowest BCUT2D eigenvalue weighted by molar-refractivity contribution is -0.138. The van der Waals surface area contributed by atoms with Gasteiger partial charge in [0.15, 0.2) is 0 Å². The van der Waals surface area contributed by atoms with Crippen molar-refractivity contribution in [1.29, 1.82) is 0 Å². The van der Waals surface area contributed by atoms with E-state index in [4.69, 9.17) is 9.84 Å². The van der Waals surface area contributed by atoms with Gasteiger partial charge in [-0.3, -0.25) is 14.5 Å². The van der Waals surface area contributed by atoms with Crippen molar-refractivity contribution in [2.75, 3.05) is 34.8 Å². The van der Waals surface area contributed by atoms with Crippen LogP contribution in [-0.2, 0) is 19.8 Å². The predicted molar refractivity (Wildman–Crippen MR) is 129 cm³/mol. The predicted octanol–water partition coefficient (Wildman–Crippen LogP) is 2.53. The molecule has 0 aliphatic heterocycles. The Morgan fingerprint density at radius 3 is 2.21 bits per heavy atom. The Morgan fingerprint density at radius 1 is 1.15 bits per heavy atom. The summed E-state index contributed by atoms with van der Waals surface area (Å²) in [5, 5.41) is 12.0. The summed E-state index contributed by atoms with van der Waals surface area (Å²) < 4.78 is 5.54. The molecule has 0 spiro atoms.